The molecule has 1 atom stereocenters. The standard InChI is InChI=1S/C13H17FN2O4/c1-8(12(18)15-6-7-20-2)16-13(19)11-9(14)4-3-5-10(11)17/h3-5,8,17H,6-7H2,1-2H3,(H,15,18)(H,16,19). The van der Waals surface area contributed by atoms with Crippen molar-refractivity contribution in [1.82, 2.24) is 10.6 Å². The minimum absolute atomic E-state index is 0.306. The monoisotopic (exact) mass is 284 g/mol. The van der Waals surface area contributed by atoms with Gasteiger partial charge in [-0.2, -0.15) is 0 Å². The molecule has 1 aromatic rings. The third-order valence-electron chi connectivity index (χ3n) is 2.56. The number of methoxy groups -OCH3 is 1. The molecule has 1 unspecified atom stereocenters. The maximum Gasteiger partial charge on any atom is 0.258 e. The lowest BCUT2D eigenvalue weighted by atomic mass is 10.1. The first kappa shape index (κ1) is 15.9. The molecule has 6 nitrogen and oxygen atoms in total. The van der Waals surface area contributed by atoms with Gasteiger partial charge in [0.2, 0.25) is 5.91 Å². The number of aromatic hydroxyl groups is 1. The molecule has 0 aliphatic rings. The first-order valence-electron chi connectivity index (χ1n) is 6.02. The Morgan fingerprint density at radius 3 is 2.75 bits per heavy atom. The highest BCUT2D eigenvalue weighted by molar-refractivity contribution is 5.99. The fraction of sp³-hybridized carbons (Fsp3) is 0.385. The largest absolute Gasteiger partial charge is 0.507 e. The van der Waals surface area contributed by atoms with Crippen LogP contribution in [0.5, 0.6) is 5.75 Å². The summed E-state index contributed by atoms with van der Waals surface area (Å²) in [6.07, 6.45) is 0. The first-order valence-corrected chi connectivity index (χ1v) is 6.02. The van der Waals surface area contributed by atoms with Crippen LogP contribution in [0.4, 0.5) is 4.39 Å². The van der Waals surface area contributed by atoms with Gasteiger partial charge in [-0.25, -0.2) is 4.39 Å². The number of halogens is 1. The van der Waals surface area contributed by atoms with Crippen molar-refractivity contribution in [2.75, 3.05) is 20.3 Å². The van der Waals surface area contributed by atoms with Gasteiger partial charge < -0.3 is 20.5 Å². The van der Waals surface area contributed by atoms with Crippen molar-refractivity contribution in [2.45, 2.75) is 13.0 Å². The normalized spacial score (nSPS) is 11.8. The Kier molecular flexibility index (Phi) is 5.92. The molecule has 0 saturated heterocycles. The molecule has 0 radical (unpaired) electrons. The Hall–Kier alpha value is -2.15. The van der Waals surface area contributed by atoms with Crippen LogP contribution in [0.25, 0.3) is 0 Å². The predicted molar refractivity (Wildman–Crippen MR) is 69.9 cm³/mol. The van der Waals surface area contributed by atoms with Gasteiger partial charge in [-0.15, -0.1) is 0 Å². The minimum Gasteiger partial charge on any atom is -0.507 e. The molecule has 0 saturated carbocycles. The SMILES string of the molecule is COCCNC(=O)C(C)NC(=O)c1c(O)cccc1F. The van der Waals surface area contributed by atoms with E-state index in [1.54, 1.807) is 0 Å². The number of rotatable bonds is 6. The molecular formula is C13H17FN2O4. The van der Waals surface area contributed by atoms with Crippen LogP contribution in [0.1, 0.15) is 17.3 Å². The summed E-state index contributed by atoms with van der Waals surface area (Å²) in [6, 6.07) is 2.67. The van der Waals surface area contributed by atoms with Crippen LogP contribution >= 0.6 is 0 Å². The molecule has 7 heteroatoms. The molecule has 20 heavy (non-hydrogen) atoms. The van der Waals surface area contributed by atoms with Crippen molar-refractivity contribution in [2.24, 2.45) is 0 Å². The van der Waals surface area contributed by atoms with Gasteiger partial charge in [0, 0.05) is 13.7 Å². The summed E-state index contributed by atoms with van der Waals surface area (Å²) in [5.74, 6) is -2.61. The lowest BCUT2D eigenvalue weighted by molar-refractivity contribution is -0.122. The van der Waals surface area contributed by atoms with Gasteiger partial charge in [-0.3, -0.25) is 9.59 Å². The summed E-state index contributed by atoms with van der Waals surface area (Å²) in [5, 5.41) is 14.3. The molecule has 3 N–H and O–H groups in total. The van der Waals surface area contributed by atoms with Crippen molar-refractivity contribution >= 4 is 11.8 Å². The highest BCUT2D eigenvalue weighted by Crippen LogP contribution is 2.19. The number of benzene rings is 1. The average molecular weight is 284 g/mol. The lowest BCUT2D eigenvalue weighted by Crippen LogP contribution is -2.45. The molecular weight excluding hydrogens is 267 g/mol. The fourth-order valence-corrected chi connectivity index (χ4v) is 1.50. The van der Waals surface area contributed by atoms with Gasteiger partial charge in [0.25, 0.3) is 5.91 Å². The molecule has 0 fully saturated rings. The quantitative estimate of drug-likeness (QED) is 0.660. The zero-order valence-electron chi connectivity index (χ0n) is 11.3. The van der Waals surface area contributed by atoms with Crippen LogP contribution in [0.3, 0.4) is 0 Å². The second-order valence-corrected chi connectivity index (χ2v) is 4.11. The molecule has 1 rings (SSSR count). The van der Waals surface area contributed by atoms with Crippen molar-refractivity contribution in [1.29, 1.82) is 0 Å². The van der Waals surface area contributed by atoms with Crippen LogP contribution in [0.2, 0.25) is 0 Å². The Morgan fingerprint density at radius 2 is 2.15 bits per heavy atom. The number of phenols is 1. The highest BCUT2D eigenvalue weighted by atomic mass is 19.1. The lowest BCUT2D eigenvalue weighted by Gasteiger charge is -2.14. The molecule has 0 bridgehead atoms. The Labute approximate surface area is 115 Å². The molecule has 0 aliphatic carbocycles. The van der Waals surface area contributed by atoms with Gasteiger partial charge in [-0.1, -0.05) is 6.07 Å². The molecule has 0 spiro atoms. The smallest absolute Gasteiger partial charge is 0.258 e. The maximum atomic E-state index is 13.5. The zero-order valence-corrected chi connectivity index (χ0v) is 11.3. The number of carbonyl (C=O) groups excluding carboxylic acids is 2. The Bertz CT molecular complexity index is 473. The highest BCUT2D eigenvalue weighted by Gasteiger charge is 2.21. The number of hydrogen-bond acceptors (Lipinski definition) is 4. The third kappa shape index (κ3) is 4.20. The van der Waals surface area contributed by atoms with Crippen molar-refractivity contribution in [3.8, 4) is 5.75 Å². The van der Waals surface area contributed by atoms with E-state index in [1.165, 1.54) is 26.2 Å². The van der Waals surface area contributed by atoms with Crippen molar-refractivity contribution in [3.05, 3.63) is 29.6 Å². The van der Waals surface area contributed by atoms with E-state index in [-0.39, 0.29) is 0 Å². The third-order valence-corrected chi connectivity index (χ3v) is 2.56. The number of hydrogen-bond donors (Lipinski definition) is 3. The summed E-state index contributed by atoms with van der Waals surface area (Å²) >= 11 is 0. The number of nitrogens with one attached hydrogen (secondary N) is 2. The number of phenolic OH excluding ortho intramolecular Hbond substituents is 1. The predicted octanol–water partition coefficient (Wildman–Crippen LogP) is 0.412. The molecule has 0 heterocycles. The zero-order chi connectivity index (χ0) is 15.1. The number of ether oxygens (including phenoxy) is 1. The number of amides is 2. The first-order chi connectivity index (χ1) is 9.47. The van der Waals surface area contributed by atoms with Crippen LogP contribution in [0, 0.1) is 5.82 Å². The van der Waals surface area contributed by atoms with Gasteiger partial charge in [-0.05, 0) is 19.1 Å². The maximum absolute atomic E-state index is 13.5. The van der Waals surface area contributed by atoms with E-state index in [0.29, 0.717) is 13.2 Å². The van der Waals surface area contributed by atoms with Gasteiger partial charge >= 0.3 is 0 Å². The van der Waals surface area contributed by atoms with Gasteiger partial charge in [0.05, 0.1) is 6.61 Å². The van der Waals surface area contributed by atoms with Crippen molar-refractivity contribution in [3.63, 3.8) is 0 Å². The van der Waals surface area contributed by atoms with Crippen molar-refractivity contribution < 1.29 is 23.8 Å². The Balaban J connectivity index is 2.64. The topological polar surface area (TPSA) is 87.7 Å². The van der Waals surface area contributed by atoms with E-state index in [0.717, 1.165) is 6.07 Å². The molecule has 0 aromatic heterocycles. The average Bonchev–Trinajstić information content (AvgIpc) is 2.38. The molecule has 0 aliphatic heterocycles. The van der Waals surface area contributed by atoms with E-state index in [9.17, 15) is 19.1 Å². The van der Waals surface area contributed by atoms with Gasteiger partial charge in [0.15, 0.2) is 0 Å². The second-order valence-electron chi connectivity index (χ2n) is 4.11. The molecule has 1 aromatic carbocycles. The minimum atomic E-state index is -0.863. The van der Waals surface area contributed by atoms with E-state index < -0.39 is 35.0 Å². The van der Waals surface area contributed by atoms with Crippen LogP contribution in [0.15, 0.2) is 18.2 Å². The number of carbonyl (C=O) groups is 2. The van der Waals surface area contributed by atoms with Crippen LogP contribution in [-0.2, 0) is 9.53 Å². The van der Waals surface area contributed by atoms with E-state index in [2.05, 4.69) is 10.6 Å². The van der Waals surface area contributed by atoms with E-state index in [1.807, 2.05) is 0 Å². The summed E-state index contributed by atoms with van der Waals surface area (Å²) in [5.41, 5.74) is -0.482. The van der Waals surface area contributed by atoms with Crippen LogP contribution in [-0.4, -0.2) is 43.2 Å². The second kappa shape index (κ2) is 7.44. The van der Waals surface area contributed by atoms with E-state index in [4.69, 9.17) is 4.74 Å². The van der Waals surface area contributed by atoms with Crippen LogP contribution < -0.4 is 10.6 Å². The molecule has 110 valence electrons. The van der Waals surface area contributed by atoms with Gasteiger partial charge in [0.1, 0.15) is 23.2 Å². The Morgan fingerprint density at radius 1 is 1.45 bits per heavy atom. The summed E-state index contributed by atoms with van der Waals surface area (Å²) in [7, 11) is 1.50. The molecule has 2 amide bonds. The summed E-state index contributed by atoms with van der Waals surface area (Å²) in [4.78, 5) is 23.4. The fourth-order valence-electron chi connectivity index (χ4n) is 1.50. The summed E-state index contributed by atoms with van der Waals surface area (Å²) in [6.45, 7) is 2.11. The summed E-state index contributed by atoms with van der Waals surface area (Å²) < 4.78 is 18.2. The van der Waals surface area contributed by atoms with E-state index >= 15 is 0 Å².